The zero-order valence-corrected chi connectivity index (χ0v) is 9.18. The molecule has 1 amide bonds. The van der Waals surface area contributed by atoms with Crippen molar-refractivity contribution in [1.82, 2.24) is 5.06 Å². The van der Waals surface area contributed by atoms with E-state index < -0.39 is 0 Å². The van der Waals surface area contributed by atoms with Gasteiger partial charge in [0.15, 0.2) is 0 Å². The maximum atomic E-state index is 11.6. The number of hydrogen-bond donors (Lipinski definition) is 1. The molecule has 1 N–H and O–H groups in total. The fourth-order valence-corrected chi connectivity index (χ4v) is 1.57. The van der Waals surface area contributed by atoms with Gasteiger partial charge in [-0.1, -0.05) is 37.3 Å². The minimum absolute atomic E-state index is 0.137. The predicted molar refractivity (Wildman–Crippen MR) is 58.5 cm³/mol. The standard InChI is InChI=1S/C12H17NO2/c1-3-11(12(14)13(2)15)9-10-7-5-4-6-8-10/h4-8,11,15H,3,9H2,1-2H3. The molecular weight excluding hydrogens is 190 g/mol. The van der Waals surface area contributed by atoms with E-state index in [9.17, 15) is 4.79 Å². The molecule has 0 aliphatic rings. The summed E-state index contributed by atoms with van der Waals surface area (Å²) in [5.41, 5.74) is 1.12. The Morgan fingerprint density at radius 3 is 2.47 bits per heavy atom. The first-order valence-electron chi connectivity index (χ1n) is 5.15. The van der Waals surface area contributed by atoms with Gasteiger partial charge >= 0.3 is 0 Å². The molecule has 0 radical (unpaired) electrons. The molecule has 1 unspecified atom stereocenters. The number of hydrogen-bond acceptors (Lipinski definition) is 2. The second kappa shape index (κ2) is 5.51. The molecule has 0 fully saturated rings. The van der Waals surface area contributed by atoms with Gasteiger partial charge in [-0.05, 0) is 18.4 Å². The molecular formula is C12H17NO2. The second-order valence-corrected chi connectivity index (χ2v) is 3.66. The van der Waals surface area contributed by atoms with Crippen LogP contribution in [-0.2, 0) is 11.2 Å². The number of rotatable bonds is 4. The number of benzene rings is 1. The van der Waals surface area contributed by atoms with Crippen LogP contribution in [0.25, 0.3) is 0 Å². The maximum Gasteiger partial charge on any atom is 0.249 e. The molecule has 15 heavy (non-hydrogen) atoms. The Kier molecular flexibility index (Phi) is 4.31. The largest absolute Gasteiger partial charge is 0.286 e. The van der Waals surface area contributed by atoms with Gasteiger partial charge in [-0.2, -0.15) is 0 Å². The Morgan fingerprint density at radius 2 is 2.00 bits per heavy atom. The van der Waals surface area contributed by atoms with Crippen molar-refractivity contribution >= 4 is 5.91 Å². The first-order valence-corrected chi connectivity index (χ1v) is 5.15. The highest BCUT2D eigenvalue weighted by molar-refractivity contribution is 5.77. The highest BCUT2D eigenvalue weighted by atomic mass is 16.5. The number of amides is 1. The molecule has 1 rings (SSSR count). The summed E-state index contributed by atoms with van der Waals surface area (Å²) >= 11 is 0. The lowest BCUT2D eigenvalue weighted by atomic mass is 9.96. The molecule has 3 nitrogen and oxygen atoms in total. The Balaban J connectivity index is 2.66. The summed E-state index contributed by atoms with van der Waals surface area (Å²) in [7, 11) is 1.37. The third kappa shape index (κ3) is 3.36. The van der Waals surface area contributed by atoms with E-state index in [2.05, 4.69) is 0 Å². The average molecular weight is 207 g/mol. The summed E-state index contributed by atoms with van der Waals surface area (Å²) < 4.78 is 0. The van der Waals surface area contributed by atoms with Gasteiger partial charge in [0.1, 0.15) is 0 Å². The van der Waals surface area contributed by atoms with Crippen LogP contribution in [0.4, 0.5) is 0 Å². The van der Waals surface area contributed by atoms with Crippen LogP contribution in [0.2, 0.25) is 0 Å². The van der Waals surface area contributed by atoms with Crippen molar-refractivity contribution in [3.8, 4) is 0 Å². The van der Waals surface area contributed by atoms with Crippen LogP contribution in [0.1, 0.15) is 18.9 Å². The molecule has 0 spiro atoms. The van der Waals surface area contributed by atoms with E-state index >= 15 is 0 Å². The molecule has 0 aliphatic heterocycles. The lowest BCUT2D eigenvalue weighted by molar-refractivity contribution is -0.164. The van der Waals surface area contributed by atoms with E-state index in [0.717, 1.165) is 12.0 Å². The summed E-state index contributed by atoms with van der Waals surface area (Å²) in [5.74, 6) is -0.358. The molecule has 3 heteroatoms. The van der Waals surface area contributed by atoms with Crippen LogP contribution in [0.15, 0.2) is 30.3 Å². The zero-order valence-electron chi connectivity index (χ0n) is 9.18. The molecule has 0 bridgehead atoms. The zero-order chi connectivity index (χ0) is 11.3. The second-order valence-electron chi connectivity index (χ2n) is 3.66. The van der Waals surface area contributed by atoms with Crippen LogP contribution >= 0.6 is 0 Å². The Morgan fingerprint density at radius 1 is 1.40 bits per heavy atom. The van der Waals surface area contributed by atoms with Crippen molar-refractivity contribution in [3.05, 3.63) is 35.9 Å². The third-order valence-corrected chi connectivity index (χ3v) is 2.49. The fraction of sp³-hybridized carbons (Fsp3) is 0.417. The summed E-state index contributed by atoms with van der Waals surface area (Å²) in [4.78, 5) is 11.6. The molecule has 1 aromatic carbocycles. The maximum absolute atomic E-state index is 11.6. The Bertz CT molecular complexity index is 309. The van der Waals surface area contributed by atoms with Gasteiger partial charge in [0.2, 0.25) is 5.91 Å². The van der Waals surface area contributed by atoms with E-state index in [1.54, 1.807) is 0 Å². The average Bonchev–Trinajstić information content (AvgIpc) is 2.26. The summed E-state index contributed by atoms with van der Waals surface area (Å²) in [6.45, 7) is 1.95. The van der Waals surface area contributed by atoms with E-state index in [-0.39, 0.29) is 11.8 Å². The van der Waals surface area contributed by atoms with Gasteiger partial charge < -0.3 is 0 Å². The van der Waals surface area contributed by atoms with Crippen LogP contribution in [-0.4, -0.2) is 23.2 Å². The third-order valence-electron chi connectivity index (χ3n) is 2.49. The van der Waals surface area contributed by atoms with Crippen molar-refractivity contribution in [1.29, 1.82) is 0 Å². The highest BCUT2D eigenvalue weighted by Gasteiger charge is 2.19. The van der Waals surface area contributed by atoms with Gasteiger partial charge in [-0.3, -0.25) is 10.0 Å². The van der Waals surface area contributed by atoms with Crippen LogP contribution < -0.4 is 0 Å². The van der Waals surface area contributed by atoms with Crippen LogP contribution in [0.5, 0.6) is 0 Å². The molecule has 0 aromatic heterocycles. The van der Waals surface area contributed by atoms with Gasteiger partial charge in [0, 0.05) is 13.0 Å². The van der Waals surface area contributed by atoms with E-state index in [0.29, 0.717) is 11.5 Å². The minimum Gasteiger partial charge on any atom is -0.286 e. The molecule has 0 aliphatic carbocycles. The molecule has 0 saturated carbocycles. The lowest BCUT2D eigenvalue weighted by Crippen LogP contribution is -2.31. The molecule has 0 heterocycles. The monoisotopic (exact) mass is 207 g/mol. The summed E-state index contributed by atoms with van der Waals surface area (Å²) in [6, 6.07) is 9.84. The number of carbonyl (C=O) groups excluding carboxylic acids is 1. The fourth-order valence-electron chi connectivity index (χ4n) is 1.57. The quantitative estimate of drug-likeness (QED) is 0.606. The number of carbonyl (C=O) groups is 1. The summed E-state index contributed by atoms with van der Waals surface area (Å²) in [5, 5.41) is 9.76. The highest BCUT2D eigenvalue weighted by Crippen LogP contribution is 2.13. The topological polar surface area (TPSA) is 40.5 Å². The van der Waals surface area contributed by atoms with E-state index in [1.807, 2.05) is 37.3 Å². The lowest BCUT2D eigenvalue weighted by Gasteiger charge is -2.17. The Hall–Kier alpha value is -1.35. The van der Waals surface area contributed by atoms with E-state index in [4.69, 9.17) is 5.21 Å². The Labute approximate surface area is 90.3 Å². The van der Waals surface area contributed by atoms with Crippen molar-refractivity contribution in [2.45, 2.75) is 19.8 Å². The van der Waals surface area contributed by atoms with Gasteiger partial charge in [0.05, 0.1) is 0 Å². The number of hydroxylamine groups is 2. The van der Waals surface area contributed by atoms with Crippen LogP contribution in [0.3, 0.4) is 0 Å². The molecule has 1 aromatic rings. The number of nitrogens with zero attached hydrogens (tertiary/aromatic N) is 1. The first kappa shape index (κ1) is 11.7. The van der Waals surface area contributed by atoms with Crippen molar-refractivity contribution < 1.29 is 10.0 Å². The van der Waals surface area contributed by atoms with Gasteiger partial charge in [-0.15, -0.1) is 0 Å². The first-order chi connectivity index (χ1) is 7.15. The van der Waals surface area contributed by atoms with Crippen molar-refractivity contribution in [2.75, 3.05) is 7.05 Å². The van der Waals surface area contributed by atoms with Crippen molar-refractivity contribution in [3.63, 3.8) is 0 Å². The normalized spacial score (nSPS) is 12.2. The van der Waals surface area contributed by atoms with Gasteiger partial charge in [0.25, 0.3) is 0 Å². The minimum atomic E-state index is -0.221. The van der Waals surface area contributed by atoms with E-state index in [1.165, 1.54) is 7.05 Å². The SMILES string of the molecule is CCC(Cc1ccccc1)C(=O)N(C)O. The molecule has 82 valence electrons. The van der Waals surface area contributed by atoms with Gasteiger partial charge in [-0.25, -0.2) is 5.06 Å². The van der Waals surface area contributed by atoms with Crippen molar-refractivity contribution in [2.24, 2.45) is 5.92 Å². The molecule has 0 saturated heterocycles. The predicted octanol–water partition coefficient (Wildman–Crippen LogP) is 2.10. The molecule has 1 atom stereocenters. The smallest absolute Gasteiger partial charge is 0.249 e. The summed E-state index contributed by atoms with van der Waals surface area (Å²) in [6.07, 6.45) is 1.42. The van der Waals surface area contributed by atoms with Crippen LogP contribution in [0, 0.1) is 5.92 Å².